The molecule has 0 spiro atoms. The summed E-state index contributed by atoms with van der Waals surface area (Å²) in [6.07, 6.45) is 2.31. The number of nitrogens with one attached hydrogen (secondary N) is 1. The Bertz CT molecular complexity index is 2990. The quantitative estimate of drug-likeness (QED) is 0.175. The smallest absolute Gasteiger partial charge is 0.197 e. The highest BCUT2D eigenvalue weighted by atomic mass is 15.2. The second-order valence-electron chi connectivity index (χ2n) is 19.1. The molecule has 8 aromatic carbocycles. The average Bonchev–Trinajstić information content (AvgIpc) is 3.27. The summed E-state index contributed by atoms with van der Waals surface area (Å²) in [5.41, 5.74) is 21.3. The molecule has 0 unspecified atom stereocenters. The Morgan fingerprint density at radius 2 is 1.13 bits per heavy atom. The lowest BCUT2D eigenvalue weighted by molar-refractivity contribution is 0.332. The predicted octanol–water partition coefficient (Wildman–Crippen LogP) is 14.0. The minimum Gasteiger partial charge on any atom is -0.355 e. The van der Waals surface area contributed by atoms with Gasteiger partial charge in [0.15, 0.2) is 7.28 Å². The van der Waals surface area contributed by atoms with Gasteiger partial charge in [0, 0.05) is 33.7 Å². The zero-order valence-corrected chi connectivity index (χ0v) is 35.5. The van der Waals surface area contributed by atoms with Gasteiger partial charge in [0.1, 0.15) is 0 Å². The minimum absolute atomic E-state index is 0.0379. The minimum atomic E-state index is -0.201. The van der Waals surface area contributed by atoms with E-state index >= 15 is 0 Å². The topological polar surface area (TPSA) is 15.3 Å². The van der Waals surface area contributed by atoms with Gasteiger partial charge in [-0.3, -0.25) is 0 Å². The van der Waals surface area contributed by atoms with E-state index in [1.54, 1.807) is 0 Å². The molecule has 3 heteroatoms. The van der Waals surface area contributed by atoms with Gasteiger partial charge in [0.2, 0.25) is 0 Å². The second-order valence-corrected chi connectivity index (χ2v) is 19.1. The van der Waals surface area contributed by atoms with Crippen LogP contribution in [0.4, 0.5) is 28.4 Å². The molecule has 3 aliphatic rings. The van der Waals surface area contributed by atoms with Crippen molar-refractivity contribution in [2.45, 2.75) is 70.6 Å². The van der Waals surface area contributed by atoms with Crippen LogP contribution in [0, 0.1) is 0 Å². The summed E-state index contributed by atoms with van der Waals surface area (Å²) in [7, 11) is 2.48. The fourth-order valence-corrected chi connectivity index (χ4v) is 10.7. The van der Waals surface area contributed by atoms with Crippen LogP contribution in [-0.4, -0.2) is 7.28 Å². The summed E-state index contributed by atoms with van der Waals surface area (Å²) < 4.78 is 0. The number of benzene rings is 8. The van der Waals surface area contributed by atoms with Crippen LogP contribution in [-0.2, 0) is 16.2 Å². The summed E-state index contributed by atoms with van der Waals surface area (Å²) in [5.74, 6) is 0. The summed E-state index contributed by atoms with van der Waals surface area (Å²) in [6.45, 7) is 14.6. The third-order valence-electron chi connectivity index (χ3n) is 14.1. The van der Waals surface area contributed by atoms with Gasteiger partial charge in [-0.1, -0.05) is 168 Å². The van der Waals surface area contributed by atoms with E-state index in [0.717, 1.165) is 24.2 Å². The molecule has 1 N–H and O–H groups in total. The molecule has 2 nitrogen and oxygen atoms in total. The van der Waals surface area contributed by atoms with Crippen LogP contribution >= 0.6 is 0 Å². The first-order valence-electron chi connectivity index (χ1n) is 21.6. The Labute approximate surface area is 356 Å². The first-order valence-corrected chi connectivity index (χ1v) is 21.6. The number of rotatable bonds is 5. The molecule has 0 fully saturated rings. The van der Waals surface area contributed by atoms with Crippen molar-refractivity contribution in [1.82, 2.24) is 0 Å². The standard InChI is InChI=1S/C57H50BN2/c1-55(2)30-31-56(3,4)47-35-49(59-41-27-24-38(25-28-41)36-16-9-7-10-17-36)43(34-46(47)55)44-32-40(37-18-11-8-12-19-37)33-51-53(44)58-48-23-15-22-45-54(48)60(51)50-29-26-39-20-13-14-21-42(39)52(50)57(45,5)6/h7-29,32-35,59H,30-31H2,1-6H3. The normalized spacial score (nSPS) is 16.2. The molecule has 11 rings (SSSR count). The van der Waals surface area contributed by atoms with Crippen LogP contribution in [0.1, 0.15) is 76.6 Å². The summed E-state index contributed by atoms with van der Waals surface area (Å²) >= 11 is 0. The van der Waals surface area contributed by atoms with Crippen LogP contribution < -0.4 is 21.1 Å². The van der Waals surface area contributed by atoms with Crippen LogP contribution in [0.2, 0.25) is 0 Å². The highest BCUT2D eigenvalue weighted by Crippen LogP contribution is 2.55. The maximum absolute atomic E-state index is 4.01. The highest BCUT2D eigenvalue weighted by Gasteiger charge is 2.43. The maximum atomic E-state index is 4.01. The molecule has 1 aliphatic carbocycles. The summed E-state index contributed by atoms with van der Waals surface area (Å²) in [5, 5.41) is 6.61. The summed E-state index contributed by atoms with van der Waals surface area (Å²) in [6, 6.07) is 61.0. The second kappa shape index (κ2) is 13.3. The lowest BCUT2D eigenvalue weighted by Gasteiger charge is -2.46. The molecule has 0 aromatic heterocycles. The third kappa shape index (κ3) is 5.70. The number of hydrogen-bond donors (Lipinski definition) is 1. The van der Waals surface area contributed by atoms with E-state index in [1.165, 1.54) is 94.4 Å². The first kappa shape index (κ1) is 36.7. The largest absolute Gasteiger partial charge is 0.355 e. The van der Waals surface area contributed by atoms with Gasteiger partial charge < -0.3 is 10.2 Å². The lowest BCUT2D eigenvalue weighted by Crippen LogP contribution is -2.45. The number of fused-ring (bicyclic) bond motifs is 7. The van der Waals surface area contributed by atoms with Gasteiger partial charge in [0.25, 0.3) is 0 Å². The molecule has 0 saturated heterocycles. The van der Waals surface area contributed by atoms with Crippen molar-refractivity contribution in [3.05, 3.63) is 186 Å². The van der Waals surface area contributed by atoms with Gasteiger partial charge in [-0.05, 0) is 132 Å². The Kier molecular flexibility index (Phi) is 8.17. The van der Waals surface area contributed by atoms with Gasteiger partial charge in [-0.2, -0.15) is 0 Å². The van der Waals surface area contributed by atoms with Crippen molar-refractivity contribution >= 4 is 57.4 Å². The monoisotopic (exact) mass is 773 g/mol. The molecular weight excluding hydrogens is 723 g/mol. The molecule has 8 aromatic rings. The van der Waals surface area contributed by atoms with Crippen LogP contribution in [0.15, 0.2) is 164 Å². The van der Waals surface area contributed by atoms with E-state index in [2.05, 4.69) is 223 Å². The van der Waals surface area contributed by atoms with E-state index in [0.29, 0.717) is 0 Å². The fourth-order valence-electron chi connectivity index (χ4n) is 10.7. The van der Waals surface area contributed by atoms with E-state index in [-0.39, 0.29) is 16.2 Å². The molecule has 0 amide bonds. The van der Waals surface area contributed by atoms with E-state index in [1.807, 2.05) is 0 Å². The van der Waals surface area contributed by atoms with Gasteiger partial charge in [0.05, 0.1) is 5.69 Å². The molecule has 291 valence electrons. The number of anilines is 5. The van der Waals surface area contributed by atoms with Crippen molar-refractivity contribution in [3.8, 4) is 33.4 Å². The van der Waals surface area contributed by atoms with Crippen molar-refractivity contribution in [2.75, 3.05) is 10.2 Å². The first-order chi connectivity index (χ1) is 29.0. The SMILES string of the molecule is CC1(C)CCC(C)(C)c2cc(-c3cc(-c4ccccc4)cc4c3[B]c3cccc5c3N4c3ccc4ccccc4c3C5(C)C)c(Nc3ccc(-c4ccccc4)cc3)cc21. The molecule has 1 radical (unpaired) electrons. The van der Waals surface area contributed by atoms with Crippen LogP contribution in [0.3, 0.4) is 0 Å². The summed E-state index contributed by atoms with van der Waals surface area (Å²) in [4.78, 5) is 2.60. The third-order valence-corrected chi connectivity index (χ3v) is 14.1. The van der Waals surface area contributed by atoms with Crippen LogP contribution in [0.25, 0.3) is 44.2 Å². The molecule has 0 bridgehead atoms. The molecule has 0 atom stereocenters. The maximum Gasteiger partial charge on any atom is 0.197 e. The lowest BCUT2D eigenvalue weighted by atomic mass is 9.55. The Balaban J connectivity index is 1.19. The van der Waals surface area contributed by atoms with Crippen LogP contribution in [0.5, 0.6) is 0 Å². The van der Waals surface area contributed by atoms with Gasteiger partial charge in [-0.15, -0.1) is 0 Å². The number of hydrogen-bond acceptors (Lipinski definition) is 2. The molecule has 2 aliphatic heterocycles. The van der Waals surface area contributed by atoms with E-state index in [9.17, 15) is 0 Å². The highest BCUT2D eigenvalue weighted by molar-refractivity contribution is 6.73. The molecular formula is C57H50BN2. The Morgan fingerprint density at radius 1 is 0.500 bits per heavy atom. The molecule has 0 saturated carbocycles. The Morgan fingerprint density at radius 3 is 1.85 bits per heavy atom. The zero-order valence-electron chi connectivity index (χ0n) is 35.5. The number of nitrogens with zero attached hydrogens (tertiary/aromatic N) is 1. The van der Waals surface area contributed by atoms with E-state index < -0.39 is 0 Å². The van der Waals surface area contributed by atoms with Crippen molar-refractivity contribution in [3.63, 3.8) is 0 Å². The zero-order chi connectivity index (χ0) is 41.0. The van der Waals surface area contributed by atoms with Crippen molar-refractivity contribution < 1.29 is 0 Å². The Hall–Kier alpha value is -6.32. The van der Waals surface area contributed by atoms with Crippen molar-refractivity contribution in [2.24, 2.45) is 0 Å². The van der Waals surface area contributed by atoms with Gasteiger partial charge in [-0.25, -0.2) is 0 Å². The molecule has 60 heavy (non-hydrogen) atoms. The van der Waals surface area contributed by atoms with Crippen molar-refractivity contribution in [1.29, 1.82) is 0 Å². The number of para-hydroxylation sites is 1. The average molecular weight is 774 g/mol. The molecule has 2 heterocycles. The van der Waals surface area contributed by atoms with Gasteiger partial charge >= 0.3 is 0 Å². The fraction of sp³-hybridized carbons (Fsp3) is 0.193. The van der Waals surface area contributed by atoms with E-state index in [4.69, 9.17) is 0 Å². The predicted molar refractivity (Wildman–Crippen MR) is 257 cm³/mol.